The third-order valence-electron chi connectivity index (χ3n) is 3.05. The van der Waals surface area contributed by atoms with E-state index in [9.17, 15) is 0 Å². The lowest BCUT2D eigenvalue weighted by Gasteiger charge is -2.26. The first-order chi connectivity index (χ1) is 8.60. The first-order valence-electron chi connectivity index (χ1n) is 6.47. The van der Waals surface area contributed by atoms with Gasteiger partial charge in [-0.05, 0) is 46.1 Å². The van der Waals surface area contributed by atoms with Crippen molar-refractivity contribution in [3.05, 3.63) is 28.2 Å². The van der Waals surface area contributed by atoms with Crippen LogP contribution in [0.4, 0.5) is 5.69 Å². The standard InChI is InChI=1S/C14H24BrN3/c1-4-18(10-6-9-17(2)3)14-8-5-7-13(15)12(14)11-16/h5,7-8H,4,6,9-11,16H2,1-3H3. The highest BCUT2D eigenvalue weighted by Crippen LogP contribution is 2.27. The molecule has 102 valence electrons. The summed E-state index contributed by atoms with van der Waals surface area (Å²) < 4.78 is 1.11. The Morgan fingerprint density at radius 2 is 1.94 bits per heavy atom. The monoisotopic (exact) mass is 313 g/mol. The zero-order valence-electron chi connectivity index (χ0n) is 11.6. The fourth-order valence-electron chi connectivity index (χ4n) is 2.07. The Morgan fingerprint density at radius 1 is 1.22 bits per heavy atom. The third-order valence-corrected chi connectivity index (χ3v) is 3.80. The minimum atomic E-state index is 0.570. The average molecular weight is 314 g/mol. The largest absolute Gasteiger partial charge is 0.371 e. The van der Waals surface area contributed by atoms with E-state index < -0.39 is 0 Å². The Hall–Kier alpha value is -0.580. The summed E-state index contributed by atoms with van der Waals surface area (Å²) in [6.45, 7) is 5.95. The van der Waals surface area contributed by atoms with E-state index in [2.05, 4.69) is 64.9 Å². The van der Waals surface area contributed by atoms with Crippen molar-refractivity contribution in [3.8, 4) is 0 Å². The van der Waals surface area contributed by atoms with Crippen LogP contribution < -0.4 is 10.6 Å². The van der Waals surface area contributed by atoms with Crippen molar-refractivity contribution < 1.29 is 0 Å². The molecule has 0 unspecified atom stereocenters. The molecule has 0 atom stereocenters. The molecule has 0 aliphatic carbocycles. The van der Waals surface area contributed by atoms with Crippen LogP contribution in [0.15, 0.2) is 22.7 Å². The SMILES string of the molecule is CCN(CCCN(C)C)c1cccc(Br)c1CN. The van der Waals surface area contributed by atoms with E-state index in [1.165, 1.54) is 11.3 Å². The summed E-state index contributed by atoms with van der Waals surface area (Å²) in [5.74, 6) is 0. The molecule has 0 aliphatic rings. The minimum Gasteiger partial charge on any atom is -0.371 e. The number of halogens is 1. The molecule has 0 bridgehead atoms. The van der Waals surface area contributed by atoms with E-state index in [1.54, 1.807) is 0 Å². The summed E-state index contributed by atoms with van der Waals surface area (Å²) in [5.41, 5.74) is 8.31. The number of hydrogen-bond donors (Lipinski definition) is 1. The predicted molar refractivity (Wildman–Crippen MR) is 83.1 cm³/mol. The second-order valence-electron chi connectivity index (χ2n) is 4.68. The van der Waals surface area contributed by atoms with Crippen LogP contribution in [0.2, 0.25) is 0 Å². The van der Waals surface area contributed by atoms with Gasteiger partial charge in [0, 0.05) is 35.4 Å². The molecule has 0 saturated heterocycles. The lowest BCUT2D eigenvalue weighted by atomic mass is 10.1. The fraction of sp³-hybridized carbons (Fsp3) is 0.571. The van der Waals surface area contributed by atoms with Gasteiger partial charge in [0.1, 0.15) is 0 Å². The van der Waals surface area contributed by atoms with Crippen LogP contribution in [0.25, 0.3) is 0 Å². The second kappa shape index (κ2) is 7.77. The molecule has 1 aromatic rings. The Bertz CT molecular complexity index is 366. The quantitative estimate of drug-likeness (QED) is 0.840. The van der Waals surface area contributed by atoms with Gasteiger partial charge in [0.15, 0.2) is 0 Å². The average Bonchev–Trinajstić information content (AvgIpc) is 2.34. The van der Waals surface area contributed by atoms with E-state index in [0.717, 1.165) is 30.5 Å². The van der Waals surface area contributed by atoms with Crippen molar-refractivity contribution in [1.29, 1.82) is 0 Å². The minimum absolute atomic E-state index is 0.570. The van der Waals surface area contributed by atoms with Crippen LogP contribution in [0.3, 0.4) is 0 Å². The summed E-state index contributed by atoms with van der Waals surface area (Å²) in [6, 6.07) is 6.29. The maximum atomic E-state index is 5.86. The highest BCUT2D eigenvalue weighted by molar-refractivity contribution is 9.10. The van der Waals surface area contributed by atoms with Gasteiger partial charge in [-0.2, -0.15) is 0 Å². The molecule has 0 fully saturated rings. The molecule has 0 saturated carbocycles. The molecule has 0 amide bonds. The van der Waals surface area contributed by atoms with Gasteiger partial charge in [-0.25, -0.2) is 0 Å². The number of nitrogens with two attached hydrogens (primary N) is 1. The molecule has 4 heteroatoms. The number of nitrogens with zero attached hydrogens (tertiary/aromatic N) is 2. The van der Waals surface area contributed by atoms with Gasteiger partial charge in [-0.15, -0.1) is 0 Å². The fourth-order valence-corrected chi connectivity index (χ4v) is 2.59. The van der Waals surface area contributed by atoms with E-state index in [4.69, 9.17) is 5.73 Å². The molecule has 0 spiro atoms. The van der Waals surface area contributed by atoms with Crippen molar-refractivity contribution in [3.63, 3.8) is 0 Å². The van der Waals surface area contributed by atoms with Crippen LogP contribution in [0.1, 0.15) is 18.9 Å². The number of anilines is 1. The van der Waals surface area contributed by atoms with Crippen molar-refractivity contribution in [2.24, 2.45) is 5.73 Å². The first kappa shape index (κ1) is 15.5. The molecule has 1 aromatic carbocycles. The maximum absolute atomic E-state index is 5.86. The van der Waals surface area contributed by atoms with Gasteiger partial charge >= 0.3 is 0 Å². The van der Waals surface area contributed by atoms with Crippen molar-refractivity contribution in [1.82, 2.24) is 4.90 Å². The van der Waals surface area contributed by atoms with Gasteiger partial charge < -0.3 is 15.5 Å². The molecule has 0 heterocycles. The molecule has 18 heavy (non-hydrogen) atoms. The Kier molecular flexibility index (Phi) is 6.68. The van der Waals surface area contributed by atoms with Gasteiger partial charge in [0.2, 0.25) is 0 Å². The van der Waals surface area contributed by atoms with Crippen LogP contribution in [0.5, 0.6) is 0 Å². The lowest BCUT2D eigenvalue weighted by Crippen LogP contribution is -2.28. The van der Waals surface area contributed by atoms with Gasteiger partial charge in [-0.3, -0.25) is 0 Å². The molecule has 2 N–H and O–H groups in total. The molecule has 0 aliphatic heterocycles. The molecule has 0 aromatic heterocycles. The van der Waals surface area contributed by atoms with Crippen LogP contribution in [-0.2, 0) is 6.54 Å². The first-order valence-corrected chi connectivity index (χ1v) is 7.26. The van der Waals surface area contributed by atoms with Gasteiger partial charge in [0.05, 0.1) is 0 Å². The number of benzene rings is 1. The summed E-state index contributed by atoms with van der Waals surface area (Å²) in [4.78, 5) is 4.62. The topological polar surface area (TPSA) is 32.5 Å². The second-order valence-corrected chi connectivity index (χ2v) is 5.53. The molecular weight excluding hydrogens is 290 g/mol. The highest BCUT2D eigenvalue weighted by atomic mass is 79.9. The molecular formula is C14H24BrN3. The highest BCUT2D eigenvalue weighted by Gasteiger charge is 2.11. The van der Waals surface area contributed by atoms with Crippen LogP contribution >= 0.6 is 15.9 Å². The summed E-state index contributed by atoms with van der Waals surface area (Å²) in [7, 11) is 4.22. The molecule has 3 nitrogen and oxygen atoms in total. The maximum Gasteiger partial charge on any atom is 0.0423 e. The van der Waals surface area contributed by atoms with Crippen LogP contribution in [0, 0.1) is 0 Å². The van der Waals surface area contributed by atoms with E-state index >= 15 is 0 Å². The van der Waals surface area contributed by atoms with Crippen molar-refractivity contribution in [2.75, 3.05) is 38.6 Å². The Morgan fingerprint density at radius 3 is 2.50 bits per heavy atom. The summed E-state index contributed by atoms with van der Waals surface area (Å²) in [6.07, 6.45) is 1.16. The summed E-state index contributed by atoms with van der Waals surface area (Å²) >= 11 is 3.58. The Labute approximate surface area is 119 Å². The number of hydrogen-bond acceptors (Lipinski definition) is 3. The lowest BCUT2D eigenvalue weighted by molar-refractivity contribution is 0.400. The zero-order chi connectivity index (χ0) is 13.5. The van der Waals surface area contributed by atoms with Crippen molar-refractivity contribution in [2.45, 2.75) is 19.9 Å². The third kappa shape index (κ3) is 4.26. The van der Waals surface area contributed by atoms with Crippen LogP contribution in [-0.4, -0.2) is 38.6 Å². The Balaban J connectivity index is 2.78. The molecule has 0 radical (unpaired) electrons. The van der Waals surface area contributed by atoms with Crippen molar-refractivity contribution >= 4 is 21.6 Å². The van der Waals surface area contributed by atoms with E-state index in [-0.39, 0.29) is 0 Å². The molecule has 1 rings (SSSR count). The zero-order valence-corrected chi connectivity index (χ0v) is 13.2. The van der Waals surface area contributed by atoms with E-state index in [0.29, 0.717) is 6.54 Å². The van der Waals surface area contributed by atoms with Gasteiger partial charge in [-0.1, -0.05) is 22.0 Å². The summed E-state index contributed by atoms with van der Waals surface area (Å²) in [5, 5.41) is 0. The van der Waals surface area contributed by atoms with E-state index in [1.807, 2.05) is 0 Å². The van der Waals surface area contributed by atoms with Gasteiger partial charge in [0.25, 0.3) is 0 Å². The predicted octanol–water partition coefficient (Wildman–Crippen LogP) is 2.69. The smallest absolute Gasteiger partial charge is 0.0423 e. The normalized spacial score (nSPS) is 11.0. The number of rotatable bonds is 7.